The van der Waals surface area contributed by atoms with Crippen molar-refractivity contribution in [2.45, 2.75) is 96.7 Å². The van der Waals surface area contributed by atoms with Gasteiger partial charge < -0.3 is 15.3 Å². The van der Waals surface area contributed by atoms with Crippen LogP contribution in [0.1, 0.15) is 80.1 Å². The van der Waals surface area contributed by atoms with Crippen molar-refractivity contribution in [3.05, 3.63) is 54.2 Å². The number of carboxylic acid groups (broad SMARTS) is 3. The van der Waals surface area contributed by atoms with Crippen molar-refractivity contribution in [2.24, 2.45) is 0 Å². The van der Waals surface area contributed by atoms with Crippen LogP contribution >= 0.6 is 0 Å². The number of carboxylic acids is 3. The zero-order valence-electron chi connectivity index (χ0n) is 21.8. The standard InChI is InChI=1S/3C7H11NO2.3CO.Mo/c3*1-4-7(5-2,8-3)6(9)10;3*1-2;/h3*4-5H2,1-2H3,(H,9,10);;;;. The van der Waals surface area contributed by atoms with Gasteiger partial charge in [0.1, 0.15) is 0 Å². The molecule has 0 atom stereocenters. The fourth-order valence-corrected chi connectivity index (χ4v) is 2.28. The van der Waals surface area contributed by atoms with E-state index in [-0.39, 0.29) is 21.1 Å². The quantitative estimate of drug-likeness (QED) is 0.197. The Balaban J connectivity index is -0.0000000651. The summed E-state index contributed by atoms with van der Waals surface area (Å²) in [6.07, 6.45) is 2.26. The van der Waals surface area contributed by atoms with Crippen LogP contribution in [-0.2, 0) is 49.4 Å². The Morgan fingerprint density at radius 1 is 0.514 bits per heavy atom. The molecule has 0 aromatic rings. The molecule has 0 saturated carbocycles. The number of hydrogen-bond donors (Lipinski definition) is 3. The van der Waals surface area contributed by atoms with Crippen LogP contribution in [0.3, 0.4) is 0 Å². The summed E-state index contributed by atoms with van der Waals surface area (Å²) in [5.74, 6) is -3.02. The second kappa shape index (κ2) is 30.8. The molecule has 0 spiro atoms. The van der Waals surface area contributed by atoms with Crippen molar-refractivity contribution in [1.82, 2.24) is 0 Å². The summed E-state index contributed by atoms with van der Waals surface area (Å²) in [4.78, 5) is 40.8. The molecular weight excluding hydrogens is 570 g/mol. The van der Waals surface area contributed by atoms with Gasteiger partial charge in [-0.15, -0.1) is 0 Å². The van der Waals surface area contributed by atoms with Crippen LogP contribution in [0.4, 0.5) is 0 Å². The Kier molecular flexibility index (Phi) is 42.2. The van der Waals surface area contributed by atoms with Gasteiger partial charge in [0.2, 0.25) is 0 Å². The monoisotopic (exact) mass is 605 g/mol. The molecule has 0 unspecified atom stereocenters. The number of aliphatic carboxylic acids is 3. The van der Waals surface area contributed by atoms with Crippen LogP contribution in [0.5, 0.6) is 0 Å². The molecule has 0 aromatic heterocycles. The predicted octanol–water partition coefficient (Wildman–Crippen LogP) is 4.53. The second-order valence-electron chi connectivity index (χ2n) is 6.47. The maximum absolute atomic E-state index is 10.5. The Labute approximate surface area is 233 Å². The summed E-state index contributed by atoms with van der Waals surface area (Å²) in [5.41, 5.74) is -3.50. The average Bonchev–Trinajstić information content (AvgIpc) is 2.92. The molecule has 3 N–H and O–H groups in total. The van der Waals surface area contributed by atoms with Gasteiger partial charge in [0, 0.05) is 59.6 Å². The predicted molar refractivity (Wildman–Crippen MR) is 124 cm³/mol. The van der Waals surface area contributed by atoms with Crippen LogP contribution in [0.25, 0.3) is 14.5 Å². The molecule has 0 heterocycles. The largest absolute Gasteiger partial charge is 0 e. The zero-order valence-corrected chi connectivity index (χ0v) is 23.8. The molecule has 0 amide bonds. The second-order valence-corrected chi connectivity index (χ2v) is 6.47. The molecule has 0 aliphatic rings. The topological polar surface area (TPSA) is 185 Å². The molecule has 0 aliphatic heterocycles. The molecule has 37 heavy (non-hydrogen) atoms. The summed E-state index contributed by atoms with van der Waals surface area (Å²) < 4.78 is 22.5. The van der Waals surface area contributed by atoms with E-state index in [0.717, 1.165) is 0 Å². The minimum Gasteiger partial charge on any atom is 0 e. The smallest absolute Gasteiger partial charge is 0 e. The van der Waals surface area contributed by atoms with E-state index >= 15 is 0 Å². The van der Waals surface area contributed by atoms with Gasteiger partial charge in [0.25, 0.3) is 0 Å². The summed E-state index contributed by atoms with van der Waals surface area (Å²) in [5, 5.41) is 25.8. The normalized spacial score (nSPS) is 8.68. The maximum atomic E-state index is 10.5. The third-order valence-electron chi connectivity index (χ3n) is 5.35. The van der Waals surface area contributed by atoms with Crippen molar-refractivity contribution in [1.29, 1.82) is 0 Å². The Hall–Kier alpha value is -3.21. The van der Waals surface area contributed by atoms with E-state index in [2.05, 4.69) is 34.5 Å². The SMILES string of the molecule is [C-]#[N+]C(CC)(CC)C(=O)O.[C-]#[N+]C(CC)(CC)C(=O)O.[C-]#[N+]C(CC)(CC)C(=O)O.[C-]#[O+].[C-]#[O+].[C-]#[O+].[Mo]. The third-order valence-corrected chi connectivity index (χ3v) is 5.35. The number of rotatable bonds is 9. The van der Waals surface area contributed by atoms with E-state index in [4.69, 9.17) is 49.0 Å². The van der Waals surface area contributed by atoms with Crippen LogP contribution < -0.4 is 0 Å². The average molecular weight is 603 g/mol. The van der Waals surface area contributed by atoms with Crippen molar-refractivity contribution in [3.63, 3.8) is 0 Å². The molecule has 0 fully saturated rings. The molecule has 0 saturated heterocycles. The number of carbonyl (C=O) groups is 3. The van der Waals surface area contributed by atoms with E-state index in [1.165, 1.54) is 0 Å². The van der Waals surface area contributed by atoms with Gasteiger partial charge in [-0.25, -0.2) is 34.1 Å². The van der Waals surface area contributed by atoms with E-state index < -0.39 is 34.5 Å². The molecule has 204 valence electrons. The molecular formula is C24H33MoN3O9. The molecule has 12 nitrogen and oxygen atoms in total. The van der Waals surface area contributed by atoms with Gasteiger partial charge in [0.05, 0.1) is 0 Å². The number of nitrogens with zero attached hydrogens (tertiary/aromatic N) is 3. The van der Waals surface area contributed by atoms with Crippen molar-refractivity contribution in [2.75, 3.05) is 0 Å². The zero-order chi connectivity index (χ0) is 30.6. The molecule has 0 rings (SSSR count). The van der Waals surface area contributed by atoms with Gasteiger partial charge in [-0.3, -0.25) is 14.5 Å². The minimum atomic E-state index is -1.17. The first-order valence-electron chi connectivity index (χ1n) is 10.4. The Morgan fingerprint density at radius 3 is 0.622 bits per heavy atom. The van der Waals surface area contributed by atoms with Gasteiger partial charge in [-0.1, -0.05) is 41.5 Å². The van der Waals surface area contributed by atoms with E-state index in [1.54, 1.807) is 41.5 Å². The maximum Gasteiger partial charge on any atom is 0 e. The number of hydrogen-bond acceptors (Lipinski definition) is 3. The van der Waals surface area contributed by atoms with E-state index in [1.807, 2.05) is 0 Å². The fourth-order valence-electron chi connectivity index (χ4n) is 2.28. The first-order valence-corrected chi connectivity index (χ1v) is 10.4. The molecule has 0 aromatic carbocycles. The summed E-state index contributed by atoms with van der Waals surface area (Å²) >= 11 is 0. The summed E-state index contributed by atoms with van der Waals surface area (Å²) in [6, 6.07) is 0. The van der Waals surface area contributed by atoms with Crippen LogP contribution in [0.2, 0.25) is 0 Å². The van der Waals surface area contributed by atoms with Crippen molar-refractivity contribution < 1.29 is 64.7 Å². The minimum absolute atomic E-state index is 0. The first-order chi connectivity index (χ1) is 16.9. The van der Waals surface area contributed by atoms with Crippen LogP contribution in [-0.4, -0.2) is 49.8 Å². The van der Waals surface area contributed by atoms with Crippen LogP contribution in [0, 0.1) is 39.7 Å². The van der Waals surface area contributed by atoms with Crippen LogP contribution in [0.15, 0.2) is 0 Å². The summed E-state index contributed by atoms with van der Waals surface area (Å²) in [7, 11) is 0. The first kappa shape index (κ1) is 50.6. The Morgan fingerprint density at radius 2 is 0.622 bits per heavy atom. The Bertz CT molecular complexity index is 710. The fraction of sp³-hybridized carbons (Fsp3) is 0.625. The van der Waals surface area contributed by atoms with E-state index in [0.29, 0.717) is 38.5 Å². The van der Waals surface area contributed by atoms with Crippen molar-refractivity contribution >= 4 is 17.9 Å². The van der Waals surface area contributed by atoms with Crippen molar-refractivity contribution in [3.8, 4) is 0 Å². The summed E-state index contributed by atoms with van der Waals surface area (Å²) in [6.45, 7) is 43.9. The van der Waals surface area contributed by atoms with Gasteiger partial charge in [0.15, 0.2) is 0 Å². The molecule has 0 aliphatic carbocycles. The molecule has 13 heteroatoms. The van der Waals surface area contributed by atoms with Gasteiger partial charge in [-0.2, -0.15) is 0 Å². The molecule has 0 bridgehead atoms. The van der Waals surface area contributed by atoms with Gasteiger partial charge >= 0.3 is 68.4 Å². The van der Waals surface area contributed by atoms with E-state index in [9.17, 15) is 14.4 Å². The molecule has 0 radical (unpaired) electrons. The van der Waals surface area contributed by atoms with Gasteiger partial charge in [-0.05, 0) is 0 Å². The third kappa shape index (κ3) is 17.8.